The van der Waals surface area contributed by atoms with Crippen LogP contribution < -0.4 is 0 Å². The number of rotatable bonds is 4. The lowest BCUT2D eigenvalue weighted by molar-refractivity contribution is -0.385. The summed E-state index contributed by atoms with van der Waals surface area (Å²) in [7, 11) is 1.61. The van der Waals surface area contributed by atoms with E-state index in [1.165, 1.54) is 23.1 Å². The number of nitrogens with zero attached hydrogens (tertiary/aromatic N) is 2. The molecule has 22 heavy (non-hydrogen) atoms. The highest BCUT2D eigenvalue weighted by molar-refractivity contribution is 6.31. The Balaban J connectivity index is 2.30. The lowest BCUT2D eigenvalue weighted by Gasteiger charge is -2.18. The molecule has 0 heterocycles. The average Bonchev–Trinajstić information content (AvgIpc) is 2.48. The van der Waals surface area contributed by atoms with E-state index < -0.39 is 10.8 Å². The average molecular weight is 319 g/mol. The highest BCUT2D eigenvalue weighted by atomic mass is 35.5. The van der Waals surface area contributed by atoms with Crippen molar-refractivity contribution in [3.63, 3.8) is 0 Å². The van der Waals surface area contributed by atoms with Gasteiger partial charge in [0.15, 0.2) is 0 Å². The van der Waals surface area contributed by atoms with Gasteiger partial charge in [-0.1, -0.05) is 35.9 Å². The maximum Gasteiger partial charge on any atom is 0.282 e. The molecule has 0 saturated carbocycles. The molecule has 0 aliphatic heterocycles. The molecule has 0 bridgehead atoms. The van der Waals surface area contributed by atoms with Crippen LogP contribution in [-0.4, -0.2) is 22.8 Å². The minimum atomic E-state index is -0.578. The zero-order valence-electron chi connectivity index (χ0n) is 12.2. The maximum absolute atomic E-state index is 12.5. The van der Waals surface area contributed by atoms with Crippen LogP contribution in [0.5, 0.6) is 0 Å². The number of amides is 1. The van der Waals surface area contributed by atoms with E-state index in [-0.39, 0.29) is 11.3 Å². The second-order valence-electron chi connectivity index (χ2n) is 5.01. The Kier molecular flexibility index (Phi) is 4.78. The van der Waals surface area contributed by atoms with E-state index in [1.807, 2.05) is 31.2 Å². The Morgan fingerprint density at radius 3 is 2.59 bits per heavy atom. The van der Waals surface area contributed by atoms with Crippen molar-refractivity contribution in [2.75, 3.05) is 7.05 Å². The highest BCUT2D eigenvalue weighted by Gasteiger charge is 2.23. The number of hydrogen-bond acceptors (Lipinski definition) is 3. The Bertz CT molecular complexity index is 731. The van der Waals surface area contributed by atoms with Crippen LogP contribution in [0.3, 0.4) is 0 Å². The van der Waals surface area contributed by atoms with E-state index in [0.29, 0.717) is 11.6 Å². The second kappa shape index (κ2) is 6.58. The van der Waals surface area contributed by atoms with Crippen LogP contribution in [0.4, 0.5) is 5.69 Å². The van der Waals surface area contributed by atoms with Crippen LogP contribution in [0.1, 0.15) is 21.5 Å². The number of aryl methyl sites for hydroxylation is 1. The minimum absolute atomic E-state index is 0.00594. The second-order valence-corrected chi connectivity index (χ2v) is 5.44. The first-order valence-electron chi connectivity index (χ1n) is 6.64. The van der Waals surface area contributed by atoms with Gasteiger partial charge in [-0.25, -0.2) is 0 Å². The predicted molar refractivity (Wildman–Crippen MR) is 85.1 cm³/mol. The first-order valence-corrected chi connectivity index (χ1v) is 7.02. The molecule has 2 rings (SSSR count). The molecule has 0 unspecified atom stereocenters. The van der Waals surface area contributed by atoms with E-state index in [1.54, 1.807) is 7.05 Å². The molecule has 0 aromatic heterocycles. The lowest BCUT2D eigenvalue weighted by Crippen LogP contribution is -2.27. The van der Waals surface area contributed by atoms with Crippen LogP contribution in [0.15, 0.2) is 42.5 Å². The molecule has 2 aromatic rings. The quantitative estimate of drug-likeness (QED) is 0.635. The fraction of sp³-hybridized carbons (Fsp3) is 0.188. The van der Waals surface area contributed by atoms with Gasteiger partial charge in [-0.2, -0.15) is 0 Å². The van der Waals surface area contributed by atoms with Crippen LogP contribution in [0, 0.1) is 17.0 Å². The zero-order chi connectivity index (χ0) is 16.3. The van der Waals surface area contributed by atoms with Crippen LogP contribution in [0.25, 0.3) is 0 Å². The van der Waals surface area contributed by atoms with Gasteiger partial charge in [0.1, 0.15) is 5.56 Å². The van der Waals surface area contributed by atoms with Gasteiger partial charge >= 0.3 is 0 Å². The Morgan fingerprint density at radius 1 is 1.27 bits per heavy atom. The Morgan fingerprint density at radius 2 is 1.95 bits per heavy atom. The summed E-state index contributed by atoms with van der Waals surface area (Å²) in [5, 5.41) is 11.4. The molecule has 0 radical (unpaired) electrons. The van der Waals surface area contributed by atoms with Gasteiger partial charge in [-0.15, -0.1) is 0 Å². The fourth-order valence-electron chi connectivity index (χ4n) is 2.16. The summed E-state index contributed by atoms with van der Waals surface area (Å²) in [6, 6.07) is 11.7. The maximum atomic E-state index is 12.5. The van der Waals surface area contributed by atoms with E-state index >= 15 is 0 Å². The Hall–Kier alpha value is -2.40. The van der Waals surface area contributed by atoms with Gasteiger partial charge in [0.2, 0.25) is 0 Å². The molecule has 114 valence electrons. The molecule has 0 N–H and O–H groups in total. The number of benzene rings is 2. The summed E-state index contributed by atoms with van der Waals surface area (Å²) in [5.41, 5.74) is 1.80. The lowest BCUT2D eigenvalue weighted by atomic mass is 10.1. The van der Waals surface area contributed by atoms with Crippen molar-refractivity contribution < 1.29 is 9.72 Å². The van der Waals surface area contributed by atoms with Gasteiger partial charge in [0, 0.05) is 24.7 Å². The van der Waals surface area contributed by atoms with Crippen LogP contribution >= 0.6 is 11.6 Å². The molecular weight excluding hydrogens is 304 g/mol. The number of nitro groups is 1. The number of carbonyl (C=O) groups is 1. The van der Waals surface area contributed by atoms with E-state index in [9.17, 15) is 14.9 Å². The summed E-state index contributed by atoms with van der Waals surface area (Å²) in [4.78, 5) is 24.4. The van der Waals surface area contributed by atoms with Gasteiger partial charge in [0.05, 0.1) is 4.92 Å². The molecule has 2 aromatic carbocycles. The van der Waals surface area contributed by atoms with Crippen molar-refractivity contribution in [2.24, 2.45) is 0 Å². The van der Waals surface area contributed by atoms with E-state index in [4.69, 9.17) is 11.6 Å². The number of nitro benzene ring substituents is 1. The summed E-state index contributed by atoms with van der Waals surface area (Å²) in [6.07, 6.45) is 0. The van der Waals surface area contributed by atoms with E-state index in [2.05, 4.69) is 0 Å². The van der Waals surface area contributed by atoms with Crippen LogP contribution in [0.2, 0.25) is 5.02 Å². The Labute approximate surface area is 133 Å². The smallest absolute Gasteiger partial charge is 0.282 e. The largest absolute Gasteiger partial charge is 0.337 e. The molecule has 0 fully saturated rings. The van der Waals surface area contributed by atoms with Crippen molar-refractivity contribution in [1.82, 2.24) is 4.90 Å². The monoisotopic (exact) mass is 318 g/mol. The number of halogens is 1. The minimum Gasteiger partial charge on any atom is -0.337 e. The van der Waals surface area contributed by atoms with Crippen molar-refractivity contribution in [1.29, 1.82) is 0 Å². The third-order valence-corrected chi connectivity index (χ3v) is 3.64. The molecule has 0 aliphatic rings. The number of hydrogen-bond donors (Lipinski definition) is 0. The molecule has 0 atom stereocenters. The van der Waals surface area contributed by atoms with Crippen molar-refractivity contribution in [3.05, 3.63) is 74.3 Å². The van der Waals surface area contributed by atoms with Crippen molar-refractivity contribution in [2.45, 2.75) is 13.5 Å². The summed E-state index contributed by atoms with van der Waals surface area (Å²) in [5.74, 6) is -0.433. The van der Waals surface area contributed by atoms with Crippen molar-refractivity contribution in [3.8, 4) is 0 Å². The predicted octanol–water partition coefficient (Wildman–Crippen LogP) is 3.83. The molecule has 0 saturated heterocycles. The van der Waals surface area contributed by atoms with Gasteiger partial charge in [-0.05, 0) is 30.2 Å². The first-order chi connectivity index (χ1) is 10.4. The molecule has 1 amide bonds. The molecule has 6 heteroatoms. The SMILES string of the molecule is Cc1ccccc1CN(C)C(=O)c1cc(Cl)ccc1[N+](=O)[O-]. The summed E-state index contributed by atoms with van der Waals surface area (Å²) in [6.45, 7) is 2.32. The molecular formula is C16H15ClN2O3. The molecule has 5 nitrogen and oxygen atoms in total. The van der Waals surface area contributed by atoms with Crippen LogP contribution in [-0.2, 0) is 6.54 Å². The number of carbonyl (C=O) groups excluding carboxylic acids is 1. The summed E-state index contributed by atoms with van der Waals surface area (Å²) < 4.78 is 0. The highest BCUT2D eigenvalue weighted by Crippen LogP contribution is 2.24. The molecule has 0 spiro atoms. The first kappa shape index (κ1) is 16.0. The van der Waals surface area contributed by atoms with Gasteiger partial charge in [0.25, 0.3) is 11.6 Å². The topological polar surface area (TPSA) is 63.5 Å². The molecule has 0 aliphatic carbocycles. The zero-order valence-corrected chi connectivity index (χ0v) is 13.0. The van der Waals surface area contributed by atoms with Gasteiger partial charge in [-0.3, -0.25) is 14.9 Å². The van der Waals surface area contributed by atoms with Crippen molar-refractivity contribution >= 4 is 23.2 Å². The normalized spacial score (nSPS) is 10.3. The van der Waals surface area contributed by atoms with Gasteiger partial charge < -0.3 is 4.90 Å². The standard InChI is InChI=1S/C16H15ClN2O3/c1-11-5-3-4-6-12(11)10-18(2)16(20)14-9-13(17)7-8-15(14)19(21)22/h3-9H,10H2,1-2H3. The summed E-state index contributed by atoms with van der Waals surface area (Å²) >= 11 is 5.86. The third kappa shape index (κ3) is 3.43. The fourth-order valence-corrected chi connectivity index (χ4v) is 2.33. The van der Waals surface area contributed by atoms with E-state index in [0.717, 1.165) is 11.1 Å². The third-order valence-electron chi connectivity index (χ3n) is 3.40.